The van der Waals surface area contributed by atoms with Crippen molar-refractivity contribution in [3.8, 4) is 11.5 Å². The summed E-state index contributed by atoms with van der Waals surface area (Å²) in [5, 5.41) is 10.00. The molecule has 0 aromatic heterocycles. The van der Waals surface area contributed by atoms with Crippen molar-refractivity contribution in [3.05, 3.63) is 58.7 Å². The molecule has 0 radical (unpaired) electrons. The predicted octanol–water partition coefficient (Wildman–Crippen LogP) is 1.55. The SMILES string of the molecule is COc1cc(F)c(C(OC)C(=O)NCc2ccc(C(=N)N)cc2OCC(N)=O)c(F)c1.Cl. The molecular formula is C20H23ClF2N4O5. The van der Waals surface area contributed by atoms with E-state index >= 15 is 0 Å². The number of amides is 2. The van der Waals surface area contributed by atoms with Crippen LogP contribution >= 0.6 is 12.4 Å². The minimum absolute atomic E-state index is 0. The number of methoxy groups -OCH3 is 2. The number of hydrogen-bond donors (Lipinski definition) is 4. The van der Waals surface area contributed by atoms with Crippen LogP contribution in [0.1, 0.15) is 22.8 Å². The lowest BCUT2D eigenvalue weighted by Crippen LogP contribution is -2.31. The highest BCUT2D eigenvalue weighted by atomic mass is 35.5. The first-order valence-electron chi connectivity index (χ1n) is 8.89. The van der Waals surface area contributed by atoms with Crippen LogP contribution in [-0.4, -0.2) is 38.5 Å². The summed E-state index contributed by atoms with van der Waals surface area (Å²) in [6.45, 7) is -0.574. The van der Waals surface area contributed by atoms with Crippen molar-refractivity contribution < 1.29 is 32.6 Å². The normalized spacial score (nSPS) is 11.1. The number of rotatable bonds is 10. The van der Waals surface area contributed by atoms with Gasteiger partial charge in [-0.2, -0.15) is 0 Å². The number of nitrogens with one attached hydrogen (secondary N) is 2. The Morgan fingerprint density at radius 1 is 1.12 bits per heavy atom. The Morgan fingerprint density at radius 2 is 1.75 bits per heavy atom. The maximum Gasteiger partial charge on any atom is 0.255 e. The lowest BCUT2D eigenvalue weighted by Gasteiger charge is -2.18. The van der Waals surface area contributed by atoms with Crippen molar-refractivity contribution in [2.75, 3.05) is 20.8 Å². The Balaban J connectivity index is 0.00000512. The lowest BCUT2D eigenvalue weighted by atomic mass is 10.1. The molecule has 0 aliphatic rings. The van der Waals surface area contributed by atoms with Gasteiger partial charge >= 0.3 is 0 Å². The standard InChI is InChI=1S/C20H22F2N4O5.ClH/c1-29-12-6-13(21)17(14(22)7-12)18(30-2)20(28)26-8-11-4-3-10(19(24)25)5-15(11)31-9-16(23)27;/h3-7,18H,8-9H2,1-2H3,(H2,23,27)(H3,24,25)(H,26,28);1H. The van der Waals surface area contributed by atoms with Crippen LogP contribution in [-0.2, 0) is 20.9 Å². The van der Waals surface area contributed by atoms with Crippen molar-refractivity contribution in [2.45, 2.75) is 12.6 Å². The number of hydrogen-bond acceptors (Lipinski definition) is 6. The molecule has 2 aromatic carbocycles. The molecule has 0 fully saturated rings. The third kappa shape index (κ3) is 6.53. The van der Waals surface area contributed by atoms with Gasteiger partial charge in [-0.25, -0.2) is 8.78 Å². The topological polar surface area (TPSA) is 150 Å². The third-order valence-electron chi connectivity index (χ3n) is 4.23. The van der Waals surface area contributed by atoms with Crippen LogP contribution < -0.4 is 26.3 Å². The smallest absolute Gasteiger partial charge is 0.255 e. The highest BCUT2D eigenvalue weighted by molar-refractivity contribution is 5.95. The van der Waals surface area contributed by atoms with E-state index in [2.05, 4.69) is 5.32 Å². The molecule has 0 heterocycles. The Hall–Kier alpha value is -3.44. The van der Waals surface area contributed by atoms with E-state index in [0.717, 1.165) is 19.2 Å². The van der Waals surface area contributed by atoms with Crippen molar-refractivity contribution in [1.82, 2.24) is 5.32 Å². The number of nitrogen functional groups attached to an aromatic ring is 1. The van der Waals surface area contributed by atoms with Crippen LogP contribution in [0.3, 0.4) is 0 Å². The van der Waals surface area contributed by atoms with Crippen molar-refractivity contribution in [3.63, 3.8) is 0 Å². The quantitative estimate of drug-likeness (QED) is 0.304. The maximum absolute atomic E-state index is 14.3. The molecule has 32 heavy (non-hydrogen) atoms. The van der Waals surface area contributed by atoms with E-state index < -0.39 is 41.7 Å². The van der Waals surface area contributed by atoms with E-state index in [-0.39, 0.29) is 36.3 Å². The second-order valence-corrected chi connectivity index (χ2v) is 6.33. The zero-order valence-electron chi connectivity index (χ0n) is 17.2. The van der Waals surface area contributed by atoms with E-state index in [1.165, 1.54) is 25.3 Å². The molecule has 2 aromatic rings. The number of primary amides is 1. The van der Waals surface area contributed by atoms with Gasteiger partial charge in [0, 0.05) is 36.9 Å². The van der Waals surface area contributed by atoms with E-state index in [9.17, 15) is 18.4 Å². The first-order valence-corrected chi connectivity index (χ1v) is 8.89. The van der Waals surface area contributed by atoms with Gasteiger partial charge in [-0.15, -0.1) is 12.4 Å². The van der Waals surface area contributed by atoms with E-state index in [0.29, 0.717) is 11.1 Å². The second kappa shape index (κ2) is 11.8. The van der Waals surface area contributed by atoms with Gasteiger partial charge in [0.25, 0.3) is 11.8 Å². The highest BCUT2D eigenvalue weighted by Crippen LogP contribution is 2.28. The molecule has 2 rings (SSSR count). The summed E-state index contributed by atoms with van der Waals surface area (Å²) in [6.07, 6.45) is -1.57. The van der Waals surface area contributed by atoms with Crippen molar-refractivity contribution in [1.29, 1.82) is 5.41 Å². The lowest BCUT2D eigenvalue weighted by molar-refractivity contribution is -0.132. The van der Waals surface area contributed by atoms with E-state index in [1.807, 2.05) is 0 Å². The molecule has 0 saturated heterocycles. The van der Waals surface area contributed by atoms with Crippen LogP contribution in [0.25, 0.3) is 0 Å². The first kappa shape index (κ1) is 26.6. The number of carbonyl (C=O) groups is 2. The summed E-state index contributed by atoms with van der Waals surface area (Å²) in [4.78, 5) is 23.6. The van der Waals surface area contributed by atoms with Gasteiger partial charge < -0.3 is 31.0 Å². The number of nitrogens with two attached hydrogens (primary N) is 2. The molecule has 12 heteroatoms. The average molecular weight is 473 g/mol. The van der Waals surface area contributed by atoms with Gasteiger partial charge in [-0.1, -0.05) is 12.1 Å². The fourth-order valence-corrected chi connectivity index (χ4v) is 2.71. The number of benzene rings is 2. The molecule has 0 bridgehead atoms. The average Bonchev–Trinajstić information content (AvgIpc) is 2.72. The number of carbonyl (C=O) groups excluding carboxylic acids is 2. The van der Waals surface area contributed by atoms with Gasteiger partial charge in [0.15, 0.2) is 12.7 Å². The minimum atomic E-state index is -1.57. The van der Waals surface area contributed by atoms with Crippen molar-refractivity contribution >= 4 is 30.1 Å². The monoisotopic (exact) mass is 472 g/mol. The van der Waals surface area contributed by atoms with Crippen LogP contribution in [0.5, 0.6) is 11.5 Å². The number of ether oxygens (including phenoxy) is 3. The summed E-state index contributed by atoms with van der Waals surface area (Å²) in [7, 11) is 2.39. The first-order chi connectivity index (χ1) is 14.7. The Labute approximate surface area is 188 Å². The molecule has 0 aliphatic carbocycles. The summed E-state index contributed by atoms with van der Waals surface area (Å²) in [6, 6.07) is 6.31. The maximum atomic E-state index is 14.3. The zero-order valence-corrected chi connectivity index (χ0v) is 18.1. The largest absolute Gasteiger partial charge is 0.497 e. The molecule has 174 valence electrons. The number of halogens is 3. The number of amidine groups is 1. The second-order valence-electron chi connectivity index (χ2n) is 6.33. The third-order valence-corrected chi connectivity index (χ3v) is 4.23. The van der Waals surface area contributed by atoms with Crippen LogP contribution in [0.4, 0.5) is 8.78 Å². The molecule has 0 aliphatic heterocycles. The summed E-state index contributed by atoms with van der Waals surface area (Å²) in [5.41, 5.74) is 10.7. The van der Waals surface area contributed by atoms with Crippen LogP contribution in [0.15, 0.2) is 30.3 Å². The van der Waals surface area contributed by atoms with Gasteiger partial charge in [0.2, 0.25) is 0 Å². The highest BCUT2D eigenvalue weighted by Gasteiger charge is 2.28. The Bertz CT molecular complexity index is 983. The molecule has 6 N–H and O–H groups in total. The molecule has 2 amide bonds. The van der Waals surface area contributed by atoms with Crippen LogP contribution in [0.2, 0.25) is 0 Å². The predicted molar refractivity (Wildman–Crippen MR) is 114 cm³/mol. The fraction of sp³-hybridized carbons (Fsp3) is 0.250. The summed E-state index contributed by atoms with van der Waals surface area (Å²) < 4.78 is 43.8. The van der Waals surface area contributed by atoms with Crippen LogP contribution in [0, 0.1) is 17.0 Å². The summed E-state index contributed by atoms with van der Waals surface area (Å²) >= 11 is 0. The molecule has 0 spiro atoms. The van der Waals surface area contributed by atoms with Gasteiger partial charge in [0.05, 0.1) is 12.7 Å². The Kier molecular flexibility index (Phi) is 9.82. The summed E-state index contributed by atoms with van der Waals surface area (Å²) in [5.74, 6) is -3.68. The molecule has 9 nitrogen and oxygen atoms in total. The molecule has 1 atom stereocenters. The van der Waals surface area contributed by atoms with E-state index in [4.69, 9.17) is 31.1 Å². The van der Waals surface area contributed by atoms with Gasteiger partial charge in [0.1, 0.15) is 29.0 Å². The van der Waals surface area contributed by atoms with Gasteiger partial charge in [-0.05, 0) is 6.07 Å². The molecule has 0 saturated carbocycles. The minimum Gasteiger partial charge on any atom is -0.497 e. The zero-order chi connectivity index (χ0) is 23.1. The fourth-order valence-electron chi connectivity index (χ4n) is 2.71. The Morgan fingerprint density at radius 3 is 2.25 bits per heavy atom. The van der Waals surface area contributed by atoms with Crippen molar-refractivity contribution in [2.24, 2.45) is 11.5 Å². The molecular weight excluding hydrogens is 450 g/mol. The van der Waals surface area contributed by atoms with Gasteiger partial charge in [-0.3, -0.25) is 15.0 Å². The molecule has 1 unspecified atom stereocenters. The van der Waals surface area contributed by atoms with E-state index in [1.54, 1.807) is 0 Å².